The van der Waals surface area contributed by atoms with Gasteiger partial charge >= 0.3 is 12.0 Å². The summed E-state index contributed by atoms with van der Waals surface area (Å²) in [5.41, 5.74) is 0. The van der Waals surface area contributed by atoms with Gasteiger partial charge in [-0.25, -0.2) is 18.0 Å². The largest absolute Gasteiger partial charge is 0.480 e. The fourth-order valence-electron chi connectivity index (χ4n) is 2.76. The zero-order valence-electron chi connectivity index (χ0n) is 12.1. The Balaban J connectivity index is 2.19. The quantitative estimate of drug-likeness (QED) is 0.787. The van der Waals surface area contributed by atoms with E-state index >= 15 is 0 Å². The topological polar surface area (TPSA) is 95.0 Å². The van der Waals surface area contributed by atoms with Crippen LogP contribution in [0.15, 0.2) is 0 Å². The highest BCUT2D eigenvalue weighted by atomic mass is 32.2. The predicted molar refractivity (Wildman–Crippen MR) is 80.0 cm³/mol. The number of carbonyl (C=O) groups excluding carboxylic acids is 1. The Morgan fingerprint density at radius 1 is 1.38 bits per heavy atom. The molecule has 2 fully saturated rings. The van der Waals surface area contributed by atoms with Crippen LogP contribution in [0.4, 0.5) is 4.79 Å². The molecule has 0 aliphatic carbocycles. The average molecular weight is 336 g/mol. The van der Waals surface area contributed by atoms with E-state index in [1.54, 1.807) is 6.92 Å². The van der Waals surface area contributed by atoms with Crippen LogP contribution in [0, 0.1) is 0 Å². The van der Waals surface area contributed by atoms with Crippen molar-refractivity contribution in [3.05, 3.63) is 0 Å². The standard InChI is InChI=1S/C12H20N2O5S2/c1-3-10-14(9(6-20-10)11(15)16)12(17)13-4-5-21(18,19)7-8(13)2/h8-10H,3-7H2,1-2H3,(H,15,16). The Bertz CT molecular complexity index is 536. The number of sulfone groups is 1. The number of carboxylic acid groups (broad SMARTS) is 1. The second-order valence-electron chi connectivity index (χ2n) is 5.40. The lowest BCUT2D eigenvalue weighted by atomic mass is 10.2. The predicted octanol–water partition coefficient (Wildman–Crippen LogP) is 0.463. The number of carbonyl (C=O) groups is 2. The van der Waals surface area contributed by atoms with Crippen LogP contribution in [0.2, 0.25) is 0 Å². The summed E-state index contributed by atoms with van der Waals surface area (Å²) in [5, 5.41) is 9.11. The smallest absolute Gasteiger partial charge is 0.327 e. The van der Waals surface area contributed by atoms with E-state index in [1.165, 1.54) is 21.6 Å². The van der Waals surface area contributed by atoms with Crippen molar-refractivity contribution in [2.75, 3.05) is 23.8 Å². The summed E-state index contributed by atoms with van der Waals surface area (Å²) in [7, 11) is -3.10. The van der Waals surface area contributed by atoms with Crippen molar-refractivity contribution in [2.24, 2.45) is 0 Å². The van der Waals surface area contributed by atoms with E-state index in [2.05, 4.69) is 0 Å². The first kappa shape index (κ1) is 16.4. The molecule has 1 N–H and O–H groups in total. The minimum Gasteiger partial charge on any atom is -0.480 e. The van der Waals surface area contributed by atoms with Gasteiger partial charge in [0.15, 0.2) is 9.84 Å². The Hall–Kier alpha value is -0.960. The Labute approximate surface area is 128 Å². The lowest BCUT2D eigenvalue weighted by Gasteiger charge is -2.38. The molecule has 0 aromatic carbocycles. The SMILES string of the molecule is CCC1SCC(C(=O)O)N1C(=O)N1CCS(=O)(=O)CC1C. The molecule has 0 aromatic heterocycles. The molecule has 7 nitrogen and oxygen atoms in total. The zero-order chi connectivity index (χ0) is 15.8. The molecule has 0 aromatic rings. The highest BCUT2D eigenvalue weighted by molar-refractivity contribution is 8.00. The summed E-state index contributed by atoms with van der Waals surface area (Å²) in [6.45, 7) is 3.73. The molecule has 21 heavy (non-hydrogen) atoms. The summed E-state index contributed by atoms with van der Waals surface area (Å²) < 4.78 is 23.2. The van der Waals surface area contributed by atoms with Gasteiger partial charge in [0.05, 0.1) is 16.9 Å². The summed E-state index contributed by atoms with van der Waals surface area (Å²) in [6, 6.07) is -1.62. The Kier molecular flexibility index (Phi) is 4.72. The molecule has 2 amide bonds. The molecule has 2 aliphatic rings. The number of thioether (sulfide) groups is 1. The molecule has 2 rings (SSSR count). The minimum atomic E-state index is -3.10. The lowest BCUT2D eigenvalue weighted by molar-refractivity contribution is -0.141. The van der Waals surface area contributed by atoms with Gasteiger partial charge < -0.3 is 10.0 Å². The maximum absolute atomic E-state index is 12.7. The molecule has 0 spiro atoms. The van der Waals surface area contributed by atoms with Gasteiger partial charge in [0.2, 0.25) is 0 Å². The van der Waals surface area contributed by atoms with Crippen LogP contribution >= 0.6 is 11.8 Å². The molecule has 9 heteroatoms. The molecule has 0 bridgehead atoms. The van der Waals surface area contributed by atoms with Crippen LogP contribution in [0.3, 0.4) is 0 Å². The molecular weight excluding hydrogens is 316 g/mol. The molecule has 120 valence electrons. The van der Waals surface area contributed by atoms with Gasteiger partial charge in [-0.1, -0.05) is 6.92 Å². The van der Waals surface area contributed by atoms with E-state index in [0.717, 1.165) is 0 Å². The van der Waals surface area contributed by atoms with E-state index in [9.17, 15) is 23.1 Å². The third-order valence-electron chi connectivity index (χ3n) is 3.86. The monoisotopic (exact) mass is 336 g/mol. The fraction of sp³-hybridized carbons (Fsp3) is 0.833. The number of urea groups is 1. The van der Waals surface area contributed by atoms with E-state index < -0.39 is 27.9 Å². The van der Waals surface area contributed by atoms with Crippen molar-refractivity contribution >= 4 is 33.6 Å². The lowest BCUT2D eigenvalue weighted by Crippen LogP contribution is -2.57. The molecule has 3 atom stereocenters. The number of amides is 2. The van der Waals surface area contributed by atoms with Gasteiger partial charge in [-0.15, -0.1) is 11.8 Å². The van der Waals surface area contributed by atoms with Crippen LogP contribution in [0.5, 0.6) is 0 Å². The molecule has 2 aliphatic heterocycles. The van der Waals surface area contributed by atoms with E-state index in [0.29, 0.717) is 12.2 Å². The average Bonchev–Trinajstić information content (AvgIpc) is 2.80. The molecular formula is C12H20N2O5S2. The van der Waals surface area contributed by atoms with Gasteiger partial charge in [-0.2, -0.15) is 0 Å². The minimum absolute atomic E-state index is 0.0570. The molecule has 0 saturated carbocycles. The van der Waals surface area contributed by atoms with Crippen LogP contribution < -0.4 is 0 Å². The first-order chi connectivity index (χ1) is 9.76. The number of carboxylic acids is 1. The van der Waals surface area contributed by atoms with Crippen LogP contribution in [0.25, 0.3) is 0 Å². The van der Waals surface area contributed by atoms with Gasteiger partial charge in [0.25, 0.3) is 0 Å². The summed E-state index contributed by atoms with van der Waals surface area (Å²) in [4.78, 5) is 26.9. The van der Waals surface area contributed by atoms with Crippen LogP contribution in [0.1, 0.15) is 20.3 Å². The Morgan fingerprint density at radius 2 is 2.05 bits per heavy atom. The third-order valence-corrected chi connectivity index (χ3v) is 7.11. The summed E-state index contributed by atoms with van der Waals surface area (Å²) in [5.74, 6) is -0.753. The second-order valence-corrected chi connectivity index (χ2v) is 8.84. The zero-order valence-corrected chi connectivity index (χ0v) is 13.7. The highest BCUT2D eigenvalue weighted by Gasteiger charge is 2.44. The maximum Gasteiger partial charge on any atom is 0.327 e. The normalized spacial score (nSPS) is 32.2. The van der Waals surface area contributed by atoms with E-state index in [-0.39, 0.29) is 29.5 Å². The van der Waals surface area contributed by atoms with Gasteiger partial charge in [0.1, 0.15) is 6.04 Å². The Morgan fingerprint density at radius 3 is 2.57 bits per heavy atom. The van der Waals surface area contributed by atoms with Crippen molar-refractivity contribution in [3.63, 3.8) is 0 Å². The van der Waals surface area contributed by atoms with Crippen LogP contribution in [-0.4, -0.2) is 76.6 Å². The molecule has 0 radical (unpaired) electrons. The maximum atomic E-state index is 12.7. The van der Waals surface area contributed by atoms with Gasteiger partial charge in [-0.05, 0) is 13.3 Å². The summed E-state index contributed by atoms with van der Waals surface area (Å²) in [6.07, 6.45) is 0.667. The van der Waals surface area contributed by atoms with Crippen molar-refractivity contribution in [2.45, 2.75) is 37.7 Å². The first-order valence-corrected chi connectivity index (χ1v) is 9.77. The van der Waals surface area contributed by atoms with Crippen molar-refractivity contribution in [1.82, 2.24) is 9.80 Å². The highest BCUT2D eigenvalue weighted by Crippen LogP contribution is 2.33. The fourth-order valence-corrected chi connectivity index (χ4v) is 5.65. The van der Waals surface area contributed by atoms with Crippen molar-refractivity contribution in [3.8, 4) is 0 Å². The first-order valence-electron chi connectivity index (χ1n) is 6.90. The van der Waals surface area contributed by atoms with Crippen molar-refractivity contribution in [1.29, 1.82) is 0 Å². The van der Waals surface area contributed by atoms with E-state index in [4.69, 9.17) is 0 Å². The molecule has 3 unspecified atom stereocenters. The molecule has 2 heterocycles. The number of hydrogen-bond donors (Lipinski definition) is 1. The summed E-state index contributed by atoms with van der Waals surface area (Å²) >= 11 is 1.46. The number of rotatable bonds is 2. The van der Waals surface area contributed by atoms with Gasteiger partial charge in [-0.3, -0.25) is 4.90 Å². The van der Waals surface area contributed by atoms with Gasteiger partial charge in [0, 0.05) is 18.3 Å². The second kappa shape index (κ2) is 6.04. The number of nitrogens with zero attached hydrogens (tertiary/aromatic N) is 2. The number of aliphatic carboxylic acids is 1. The third kappa shape index (κ3) is 3.28. The van der Waals surface area contributed by atoms with E-state index in [1.807, 2.05) is 6.92 Å². The van der Waals surface area contributed by atoms with Crippen molar-refractivity contribution < 1.29 is 23.1 Å². The molecule has 2 saturated heterocycles. The van der Waals surface area contributed by atoms with Crippen LogP contribution in [-0.2, 0) is 14.6 Å². The number of hydrogen-bond acceptors (Lipinski definition) is 5.